The van der Waals surface area contributed by atoms with Gasteiger partial charge < -0.3 is 14.8 Å². The van der Waals surface area contributed by atoms with E-state index in [4.69, 9.17) is 0 Å². The maximum Gasteiger partial charge on any atom is 0.0220 e. The van der Waals surface area contributed by atoms with E-state index in [-0.39, 0.29) is 0 Å². The largest absolute Gasteiger partial charge is 0.354 e. The first kappa shape index (κ1) is 14.6. The number of hydrogen-bond donors (Lipinski definition) is 1. The van der Waals surface area contributed by atoms with E-state index in [1.807, 2.05) is 0 Å². The molecule has 3 nitrogen and oxygen atoms in total. The number of rotatable bonds is 7. The standard InChI is InChI=1S/C16H29N3/c1-4-7-18-8-5-15(12-18)10-17-11-16-6-9-19(13-16)14(2)3/h5,8,12,14,16-17H,4,6-7,9-11,13H2,1-3H3. The molecule has 0 aliphatic carbocycles. The number of aryl methyl sites for hydroxylation is 1. The monoisotopic (exact) mass is 263 g/mol. The summed E-state index contributed by atoms with van der Waals surface area (Å²) < 4.78 is 2.28. The van der Waals surface area contributed by atoms with Crippen molar-refractivity contribution >= 4 is 0 Å². The lowest BCUT2D eigenvalue weighted by Gasteiger charge is -2.20. The molecule has 0 saturated carbocycles. The number of hydrogen-bond acceptors (Lipinski definition) is 2. The van der Waals surface area contributed by atoms with Crippen molar-refractivity contribution in [2.45, 2.75) is 52.7 Å². The van der Waals surface area contributed by atoms with Gasteiger partial charge in [-0.3, -0.25) is 0 Å². The van der Waals surface area contributed by atoms with Gasteiger partial charge in [0.15, 0.2) is 0 Å². The van der Waals surface area contributed by atoms with E-state index in [0.717, 1.165) is 25.6 Å². The first-order chi connectivity index (χ1) is 9.19. The summed E-state index contributed by atoms with van der Waals surface area (Å²) in [6.45, 7) is 12.7. The Balaban J connectivity index is 1.66. The molecule has 1 unspecified atom stereocenters. The Morgan fingerprint density at radius 3 is 2.95 bits per heavy atom. The van der Waals surface area contributed by atoms with Crippen LogP contribution in [0.5, 0.6) is 0 Å². The summed E-state index contributed by atoms with van der Waals surface area (Å²) in [6, 6.07) is 2.94. The van der Waals surface area contributed by atoms with Crippen LogP contribution >= 0.6 is 0 Å². The summed E-state index contributed by atoms with van der Waals surface area (Å²) in [7, 11) is 0. The average molecular weight is 263 g/mol. The lowest BCUT2D eigenvalue weighted by atomic mass is 10.1. The van der Waals surface area contributed by atoms with E-state index < -0.39 is 0 Å². The van der Waals surface area contributed by atoms with Crippen molar-refractivity contribution in [3.8, 4) is 0 Å². The van der Waals surface area contributed by atoms with Gasteiger partial charge in [-0.05, 0) is 57.3 Å². The van der Waals surface area contributed by atoms with E-state index in [1.165, 1.54) is 31.5 Å². The van der Waals surface area contributed by atoms with Gasteiger partial charge in [0.2, 0.25) is 0 Å². The van der Waals surface area contributed by atoms with E-state index in [9.17, 15) is 0 Å². The van der Waals surface area contributed by atoms with Crippen LogP contribution in [-0.4, -0.2) is 35.1 Å². The second-order valence-corrected chi connectivity index (χ2v) is 6.13. The second kappa shape index (κ2) is 7.11. The van der Waals surface area contributed by atoms with E-state index in [2.05, 4.69) is 54.0 Å². The van der Waals surface area contributed by atoms with Crippen LogP contribution in [0, 0.1) is 5.92 Å². The molecule has 1 aliphatic rings. The number of nitrogens with one attached hydrogen (secondary N) is 1. The van der Waals surface area contributed by atoms with Crippen LogP contribution in [-0.2, 0) is 13.1 Å². The zero-order chi connectivity index (χ0) is 13.7. The van der Waals surface area contributed by atoms with Crippen LogP contribution in [0.4, 0.5) is 0 Å². The SMILES string of the molecule is CCCn1ccc(CNCC2CCN(C(C)C)C2)c1. The summed E-state index contributed by atoms with van der Waals surface area (Å²) in [4.78, 5) is 2.59. The van der Waals surface area contributed by atoms with Crippen LogP contribution in [0.15, 0.2) is 18.5 Å². The Kier molecular flexibility index (Phi) is 5.46. The van der Waals surface area contributed by atoms with Crippen molar-refractivity contribution < 1.29 is 0 Å². The van der Waals surface area contributed by atoms with Gasteiger partial charge in [-0.2, -0.15) is 0 Å². The fourth-order valence-electron chi connectivity index (χ4n) is 2.91. The molecule has 1 aliphatic heterocycles. The van der Waals surface area contributed by atoms with E-state index in [1.54, 1.807) is 0 Å². The first-order valence-electron chi connectivity index (χ1n) is 7.78. The fourth-order valence-corrected chi connectivity index (χ4v) is 2.91. The van der Waals surface area contributed by atoms with Crippen molar-refractivity contribution in [1.82, 2.24) is 14.8 Å². The number of nitrogens with zero attached hydrogens (tertiary/aromatic N) is 2. The molecule has 1 atom stereocenters. The average Bonchev–Trinajstić information content (AvgIpc) is 2.99. The highest BCUT2D eigenvalue weighted by Crippen LogP contribution is 2.17. The van der Waals surface area contributed by atoms with E-state index in [0.29, 0.717) is 6.04 Å². The molecule has 0 bridgehead atoms. The predicted molar refractivity (Wildman–Crippen MR) is 81.2 cm³/mol. The van der Waals surface area contributed by atoms with Crippen LogP contribution < -0.4 is 5.32 Å². The highest BCUT2D eigenvalue weighted by molar-refractivity contribution is 5.09. The van der Waals surface area contributed by atoms with Crippen molar-refractivity contribution in [2.24, 2.45) is 5.92 Å². The van der Waals surface area contributed by atoms with Crippen molar-refractivity contribution in [1.29, 1.82) is 0 Å². The third-order valence-electron chi connectivity index (χ3n) is 4.10. The summed E-state index contributed by atoms with van der Waals surface area (Å²) in [5.74, 6) is 0.833. The topological polar surface area (TPSA) is 20.2 Å². The van der Waals surface area contributed by atoms with Gasteiger partial charge >= 0.3 is 0 Å². The highest BCUT2D eigenvalue weighted by Gasteiger charge is 2.23. The Bertz CT molecular complexity index is 370. The molecule has 108 valence electrons. The molecule has 1 aromatic rings. The highest BCUT2D eigenvalue weighted by atomic mass is 15.2. The van der Waals surface area contributed by atoms with Gasteiger partial charge in [0, 0.05) is 38.1 Å². The molecule has 0 spiro atoms. The Labute approximate surface area is 118 Å². The van der Waals surface area contributed by atoms with Gasteiger partial charge in [-0.1, -0.05) is 6.92 Å². The van der Waals surface area contributed by atoms with Crippen molar-refractivity contribution in [3.63, 3.8) is 0 Å². The van der Waals surface area contributed by atoms with Gasteiger partial charge in [-0.15, -0.1) is 0 Å². The van der Waals surface area contributed by atoms with Gasteiger partial charge in [0.1, 0.15) is 0 Å². The lowest BCUT2D eigenvalue weighted by Crippen LogP contribution is -2.30. The lowest BCUT2D eigenvalue weighted by molar-refractivity contribution is 0.264. The molecule has 2 heterocycles. The van der Waals surface area contributed by atoms with Crippen LogP contribution in [0.2, 0.25) is 0 Å². The molecule has 2 rings (SSSR count). The maximum atomic E-state index is 3.62. The van der Waals surface area contributed by atoms with Gasteiger partial charge in [0.25, 0.3) is 0 Å². The molecule has 1 saturated heterocycles. The molecule has 1 N–H and O–H groups in total. The summed E-state index contributed by atoms with van der Waals surface area (Å²) in [5.41, 5.74) is 1.41. The normalized spacial score (nSPS) is 20.5. The molecule has 3 heteroatoms. The molecule has 0 radical (unpaired) electrons. The molecule has 1 aromatic heterocycles. The van der Waals surface area contributed by atoms with Crippen LogP contribution in [0.1, 0.15) is 39.2 Å². The molecule has 19 heavy (non-hydrogen) atoms. The first-order valence-corrected chi connectivity index (χ1v) is 7.78. The number of likely N-dealkylation sites (tertiary alicyclic amines) is 1. The molecule has 0 aromatic carbocycles. The van der Waals surface area contributed by atoms with Crippen LogP contribution in [0.25, 0.3) is 0 Å². The Morgan fingerprint density at radius 1 is 1.42 bits per heavy atom. The molecule has 1 fully saturated rings. The van der Waals surface area contributed by atoms with Crippen molar-refractivity contribution in [3.05, 3.63) is 24.0 Å². The maximum absolute atomic E-state index is 3.62. The minimum Gasteiger partial charge on any atom is -0.354 e. The molecule has 0 amide bonds. The summed E-state index contributed by atoms with van der Waals surface area (Å²) in [5, 5.41) is 3.62. The zero-order valence-electron chi connectivity index (χ0n) is 12.7. The molecular weight excluding hydrogens is 234 g/mol. The van der Waals surface area contributed by atoms with Gasteiger partial charge in [0.05, 0.1) is 0 Å². The van der Waals surface area contributed by atoms with Gasteiger partial charge in [-0.25, -0.2) is 0 Å². The zero-order valence-corrected chi connectivity index (χ0v) is 12.7. The fraction of sp³-hybridized carbons (Fsp3) is 0.750. The number of aromatic nitrogens is 1. The smallest absolute Gasteiger partial charge is 0.0220 e. The quantitative estimate of drug-likeness (QED) is 0.816. The predicted octanol–water partition coefficient (Wildman–Crippen LogP) is 2.72. The van der Waals surface area contributed by atoms with Crippen LogP contribution in [0.3, 0.4) is 0 Å². The minimum atomic E-state index is 0.702. The summed E-state index contributed by atoms with van der Waals surface area (Å²) >= 11 is 0. The summed E-state index contributed by atoms with van der Waals surface area (Å²) in [6.07, 6.45) is 7.01. The van der Waals surface area contributed by atoms with Crippen molar-refractivity contribution in [2.75, 3.05) is 19.6 Å². The second-order valence-electron chi connectivity index (χ2n) is 6.13. The Morgan fingerprint density at radius 2 is 2.26 bits per heavy atom. The third kappa shape index (κ3) is 4.36. The Hall–Kier alpha value is -0.800. The molecular formula is C16H29N3. The minimum absolute atomic E-state index is 0.702. The van der Waals surface area contributed by atoms with E-state index >= 15 is 0 Å². The third-order valence-corrected chi connectivity index (χ3v) is 4.10.